The fourth-order valence-corrected chi connectivity index (χ4v) is 7.55. The lowest BCUT2D eigenvalue weighted by Gasteiger charge is -2.39. The monoisotopic (exact) mass is 566 g/mol. The summed E-state index contributed by atoms with van der Waals surface area (Å²) in [4.78, 5) is 15.0. The number of anilines is 1. The van der Waals surface area contributed by atoms with Gasteiger partial charge in [-0.15, -0.1) is 0 Å². The number of halogens is 2. The smallest absolute Gasteiger partial charge is 0.316 e. The lowest BCUT2D eigenvalue weighted by Crippen LogP contribution is -2.43. The molecule has 4 fully saturated rings. The summed E-state index contributed by atoms with van der Waals surface area (Å²) in [6.07, 6.45) is 7.33. The van der Waals surface area contributed by atoms with Crippen LogP contribution in [-0.2, 0) is 26.3 Å². The summed E-state index contributed by atoms with van der Waals surface area (Å²) in [6, 6.07) is 14.5. The molecule has 0 unspecified atom stereocenters. The van der Waals surface area contributed by atoms with Crippen LogP contribution in [-0.4, -0.2) is 36.9 Å². The van der Waals surface area contributed by atoms with Gasteiger partial charge < -0.3 is 18.9 Å². The van der Waals surface area contributed by atoms with Crippen molar-refractivity contribution < 1.29 is 18.8 Å². The zero-order chi connectivity index (χ0) is 26.7. The maximum atomic E-state index is 12.5. The standard InChI is InChI=1S/C31H32Cl2N2O4/c1-37-30(36)31(12-3-13-31)20-8-10-21(11-9-20)35-16-19-14-22(35)15-26(19)38-17-23-28(34-39-29(23)18-6-7-18)27-24(32)4-2-5-25(27)33/h2,4-5,8-11,18-19,22,26H,3,6-7,12-17H2,1H3/t19-,22-,26-/m0/s1. The molecule has 3 aliphatic carbocycles. The van der Waals surface area contributed by atoms with Gasteiger partial charge in [0.2, 0.25) is 0 Å². The van der Waals surface area contributed by atoms with E-state index in [0.29, 0.717) is 45.8 Å². The lowest BCUT2D eigenvalue weighted by molar-refractivity contribution is -0.151. The lowest BCUT2D eigenvalue weighted by atomic mass is 9.64. The van der Waals surface area contributed by atoms with Crippen molar-refractivity contribution in [3.05, 3.63) is 69.4 Å². The summed E-state index contributed by atoms with van der Waals surface area (Å²) in [6.45, 7) is 1.42. The Hall–Kier alpha value is -2.54. The van der Waals surface area contributed by atoms with Gasteiger partial charge in [-0.25, -0.2) is 0 Å². The van der Waals surface area contributed by atoms with Gasteiger partial charge in [0.25, 0.3) is 0 Å². The van der Waals surface area contributed by atoms with E-state index in [2.05, 4.69) is 34.3 Å². The van der Waals surface area contributed by atoms with Crippen molar-refractivity contribution in [1.29, 1.82) is 0 Å². The highest BCUT2D eigenvalue weighted by Crippen LogP contribution is 2.48. The number of carbonyl (C=O) groups is 1. The Morgan fingerprint density at radius 2 is 1.85 bits per heavy atom. The number of hydrogen-bond donors (Lipinski definition) is 0. The Bertz CT molecular complexity index is 1380. The number of piperidine rings is 1. The number of esters is 1. The van der Waals surface area contributed by atoms with E-state index in [9.17, 15) is 4.79 Å². The van der Waals surface area contributed by atoms with Crippen molar-refractivity contribution >= 4 is 34.9 Å². The molecule has 0 spiro atoms. The first-order valence-corrected chi connectivity index (χ1v) is 14.7. The van der Waals surface area contributed by atoms with Gasteiger partial charge in [0.1, 0.15) is 11.5 Å². The average Bonchev–Trinajstić information content (AvgIpc) is 3.37. The number of benzene rings is 2. The van der Waals surface area contributed by atoms with Crippen LogP contribution in [0.3, 0.4) is 0 Å². The first-order valence-electron chi connectivity index (χ1n) is 14.0. The highest BCUT2D eigenvalue weighted by atomic mass is 35.5. The second kappa shape index (κ2) is 9.83. The maximum absolute atomic E-state index is 12.5. The SMILES string of the molecule is COC(=O)C1(c2ccc(N3C[C@@H]4C[C@H]3C[C@@H]4OCc3c(-c4c(Cl)cccc4Cl)noc3C3CC3)cc2)CCC1. The Morgan fingerprint density at radius 1 is 1.10 bits per heavy atom. The Labute approximate surface area is 238 Å². The summed E-state index contributed by atoms with van der Waals surface area (Å²) >= 11 is 13.1. The van der Waals surface area contributed by atoms with Gasteiger partial charge in [-0.2, -0.15) is 0 Å². The third-order valence-electron chi connectivity index (χ3n) is 9.42. The third-order valence-corrected chi connectivity index (χ3v) is 10.0. The zero-order valence-corrected chi connectivity index (χ0v) is 23.5. The van der Waals surface area contributed by atoms with Crippen LogP contribution in [0.5, 0.6) is 0 Å². The Balaban J connectivity index is 1.04. The number of methoxy groups -OCH3 is 1. The number of carbonyl (C=O) groups excluding carboxylic acids is 1. The molecule has 1 aromatic heterocycles. The maximum Gasteiger partial charge on any atom is 0.316 e. The summed E-state index contributed by atoms with van der Waals surface area (Å²) in [5.74, 6) is 1.68. The van der Waals surface area contributed by atoms with Crippen LogP contribution in [0.1, 0.15) is 67.8 Å². The van der Waals surface area contributed by atoms with Crippen molar-refractivity contribution in [3.8, 4) is 11.3 Å². The minimum Gasteiger partial charge on any atom is -0.468 e. The highest BCUT2D eigenvalue weighted by Gasteiger charge is 2.48. The van der Waals surface area contributed by atoms with Crippen molar-refractivity contribution in [3.63, 3.8) is 0 Å². The molecule has 1 aliphatic heterocycles. The van der Waals surface area contributed by atoms with Crippen LogP contribution in [0.2, 0.25) is 10.0 Å². The normalized spacial score (nSPS) is 25.1. The molecular weight excluding hydrogens is 535 g/mol. The van der Waals surface area contributed by atoms with Crippen LogP contribution >= 0.6 is 23.2 Å². The number of ether oxygens (including phenoxy) is 2. The van der Waals surface area contributed by atoms with Gasteiger partial charge in [0.05, 0.1) is 35.3 Å². The summed E-state index contributed by atoms with van der Waals surface area (Å²) in [5.41, 5.74) is 4.24. The fourth-order valence-electron chi connectivity index (χ4n) is 6.97. The summed E-state index contributed by atoms with van der Waals surface area (Å²) in [7, 11) is 1.48. The number of nitrogens with zero attached hydrogens (tertiary/aromatic N) is 2. The quantitative estimate of drug-likeness (QED) is 0.266. The van der Waals surface area contributed by atoms with Gasteiger partial charge in [0.15, 0.2) is 0 Å². The molecule has 2 bridgehead atoms. The largest absolute Gasteiger partial charge is 0.468 e. The van der Waals surface area contributed by atoms with Crippen LogP contribution in [0.15, 0.2) is 47.0 Å². The summed E-state index contributed by atoms with van der Waals surface area (Å²) < 4.78 is 17.5. The molecule has 7 rings (SSSR count). The minimum absolute atomic E-state index is 0.112. The van der Waals surface area contributed by atoms with Crippen molar-refractivity contribution in [2.75, 3.05) is 18.6 Å². The van der Waals surface area contributed by atoms with Crippen LogP contribution in [0, 0.1) is 5.92 Å². The summed E-state index contributed by atoms with van der Waals surface area (Å²) in [5, 5.41) is 5.54. The molecule has 3 saturated carbocycles. The number of aromatic nitrogens is 1. The first-order chi connectivity index (χ1) is 19.0. The first kappa shape index (κ1) is 25.4. The van der Waals surface area contributed by atoms with E-state index >= 15 is 0 Å². The highest BCUT2D eigenvalue weighted by molar-refractivity contribution is 6.39. The van der Waals surface area contributed by atoms with Crippen LogP contribution in [0.25, 0.3) is 11.3 Å². The molecule has 204 valence electrons. The van der Waals surface area contributed by atoms with Crippen molar-refractivity contribution in [1.82, 2.24) is 5.16 Å². The molecule has 39 heavy (non-hydrogen) atoms. The van der Waals surface area contributed by atoms with E-state index in [1.54, 1.807) is 0 Å². The van der Waals surface area contributed by atoms with Crippen molar-refractivity contribution in [2.24, 2.45) is 5.92 Å². The Morgan fingerprint density at radius 3 is 2.44 bits per heavy atom. The zero-order valence-electron chi connectivity index (χ0n) is 22.0. The van der Waals surface area contributed by atoms with Gasteiger partial charge in [-0.3, -0.25) is 4.79 Å². The predicted molar refractivity (Wildman–Crippen MR) is 150 cm³/mol. The number of hydrogen-bond acceptors (Lipinski definition) is 6. The number of fused-ring (bicyclic) bond motifs is 2. The van der Waals surface area contributed by atoms with Gasteiger partial charge in [-0.1, -0.05) is 53.0 Å². The molecule has 8 heteroatoms. The van der Waals surface area contributed by atoms with Gasteiger partial charge >= 0.3 is 5.97 Å². The van der Waals surface area contributed by atoms with Crippen LogP contribution in [0.4, 0.5) is 5.69 Å². The topological polar surface area (TPSA) is 64.8 Å². The minimum atomic E-state index is -0.454. The van der Waals surface area contributed by atoms with Crippen molar-refractivity contribution in [2.45, 2.75) is 75.0 Å². The molecule has 6 nitrogen and oxygen atoms in total. The van der Waals surface area contributed by atoms with Crippen LogP contribution < -0.4 is 4.90 Å². The average molecular weight is 568 g/mol. The van der Waals surface area contributed by atoms with E-state index in [1.807, 2.05) is 18.2 Å². The predicted octanol–water partition coefficient (Wildman–Crippen LogP) is 7.30. The third kappa shape index (κ3) is 4.27. The van der Waals surface area contributed by atoms with Gasteiger partial charge in [-0.05, 0) is 68.4 Å². The van der Waals surface area contributed by atoms with E-state index in [-0.39, 0.29) is 12.1 Å². The molecule has 2 heterocycles. The van der Waals surface area contributed by atoms with E-state index in [1.165, 1.54) is 12.8 Å². The second-order valence-electron chi connectivity index (χ2n) is 11.6. The fraction of sp³-hybridized carbons (Fsp3) is 0.484. The molecule has 0 N–H and O–H groups in total. The molecule has 3 aromatic rings. The second-order valence-corrected chi connectivity index (χ2v) is 12.4. The van der Waals surface area contributed by atoms with E-state index in [0.717, 1.165) is 68.4 Å². The van der Waals surface area contributed by atoms with E-state index in [4.69, 9.17) is 37.2 Å². The molecule has 3 atom stereocenters. The number of rotatable bonds is 8. The Kier molecular flexibility index (Phi) is 6.41. The molecule has 1 saturated heterocycles. The molecule has 4 aliphatic rings. The molecular formula is C31H32Cl2N2O4. The van der Waals surface area contributed by atoms with Gasteiger partial charge in [0, 0.05) is 41.2 Å². The molecule has 0 radical (unpaired) electrons. The van der Waals surface area contributed by atoms with E-state index < -0.39 is 5.41 Å². The molecule has 2 aromatic carbocycles. The molecule has 0 amide bonds.